The molecule has 1 atom stereocenters. The van der Waals surface area contributed by atoms with Crippen LogP contribution in [0.1, 0.15) is 64.2 Å². The van der Waals surface area contributed by atoms with Crippen LogP contribution in [0.25, 0.3) is 0 Å². The van der Waals surface area contributed by atoms with Gasteiger partial charge < -0.3 is 0 Å². The van der Waals surface area contributed by atoms with Gasteiger partial charge in [-0.3, -0.25) is 0 Å². The van der Waals surface area contributed by atoms with E-state index in [1.54, 1.807) is 5.57 Å². The van der Waals surface area contributed by atoms with Crippen molar-refractivity contribution in [3.05, 3.63) is 59.3 Å². The number of rotatable bonds is 0. The summed E-state index contributed by atoms with van der Waals surface area (Å²) in [5.74, 6) is 0.509. The SMILES string of the molecule is [C+]1=C2C=CC3(CCCCC3)C2=CC=C2C=CC3(CCCCC3)C12. The Bertz CT molecular complexity index is 652. The Labute approximate surface area is 140 Å². The van der Waals surface area contributed by atoms with Crippen molar-refractivity contribution >= 4 is 0 Å². The third kappa shape index (κ3) is 2.01. The van der Waals surface area contributed by atoms with E-state index in [9.17, 15) is 0 Å². The smallest absolute Gasteiger partial charge is 0.0752 e. The van der Waals surface area contributed by atoms with E-state index in [-0.39, 0.29) is 0 Å². The van der Waals surface area contributed by atoms with Crippen LogP contribution in [0.5, 0.6) is 0 Å². The van der Waals surface area contributed by atoms with Crippen LogP contribution in [-0.4, -0.2) is 0 Å². The van der Waals surface area contributed by atoms with Gasteiger partial charge in [0.2, 0.25) is 0 Å². The van der Waals surface area contributed by atoms with Crippen LogP contribution in [0, 0.1) is 22.8 Å². The molecule has 0 bridgehead atoms. The third-order valence-corrected chi connectivity index (χ3v) is 7.18. The summed E-state index contributed by atoms with van der Waals surface area (Å²) in [6.45, 7) is 0. The molecule has 23 heavy (non-hydrogen) atoms. The first-order valence-corrected chi connectivity index (χ1v) is 9.76. The second-order valence-electron chi connectivity index (χ2n) is 8.42. The largest absolute Gasteiger partial charge is 0.187 e. The summed E-state index contributed by atoms with van der Waals surface area (Å²) in [4.78, 5) is 0. The summed E-state index contributed by atoms with van der Waals surface area (Å²) in [6.07, 6.45) is 32.6. The highest BCUT2D eigenvalue weighted by atomic mass is 14.5. The number of allylic oxidation sites excluding steroid dienone is 10. The van der Waals surface area contributed by atoms with Gasteiger partial charge >= 0.3 is 0 Å². The average molecular weight is 303 g/mol. The zero-order valence-electron chi connectivity index (χ0n) is 14.1. The lowest BCUT2D eigenvalue weighted by Gasteiger charge is -2.34. The van der Waals surface area contributed by atoms with E-state index in [4.69, 9.17) is 0 Å². The van der Waals surface area contributed by atoms with Gasteiger partial charge in [-0.15, -0.1) is 0 Å². The predicted molar refractivity (Wildman–Crippen MR) is 95.7 cm³/mol. The van der Waals surface area contributed by atoms with Gasteiger partial charge in [0.1, 0.15) is 5.92 Å². The minimum atomic E-state index is 0.347. The highest BCUT2D eigenvalue weighted by Gasteiger charge is 2.49. The minimum absolute atomic E-state index is 0.347. The fraction of sp³-hybridized carbons (Fsp3) is 0.565. The molecule has 5 aliphatic carbocycles. The van der Waals surface area contributed by atoms with Crippen LogP contribution < -0.4 is 0 Å². The Morgan fingerprint density at radius 2 is 1.52 bits per heavy atom. The predicted octanol–water partition coefficient (Wildman–Crippen LogP) is 6.24. The van der Waals surface area contributed by atoms with Crippen molar-refractivity contribution in [2.75, 3.05) is 0 Å². The van der Waals surface area contributed by atoms with Crippen molar-refractivity contribution in [3.8, 4) is 0 Å². The summed E-state index contributed by atoms with van der Waals surface area (Å²) >= 11 is 0. The first-order chi connectivity index (χ1) is 11.3. The molecule has 0 amide bonds. The number of fused-ring (bicyclic) bond motifs is 4. The van der Waals surface area contributed by atoms with Gasteiger partial charge in [-0.05, 0) is 43.4 Å². The normalized spacial score (nSPS) is 32.7. The average Bonchev–Trinajstić information content (AvgIpc) is 3.00. The van der Waals surface area contributed by atoms with Crippen LogP contribution >= 0.6 is 0 Å². The maximum Gasteiger partial charge on any atom is 0.187 e. The van der Waals surface area contributed by atoms with Crippen molar-refractivity contribution in [1.29, 1.82) is 0 Å². The van der Waals surface area contributed by atoms with Gasteiger partial charge in [-0.25, -0.2) is 0 Å². The van der Waals surface area contributed by atoms with E-state index < -0.39 is 0 Å². The lowest BCUT2D eigenvalue weighted by Crippen LogP contribution is -2.28. The summed E-state index contributed by atoms with van der Waals surface area (Å²) in [5, 5.41) is 0. The first-order valence-electron chi connectivity index (χ1n) is 9.76. The van der Waals surface area contributed by atoms with Crippen LogP contribution in [-0.2, 0) is 0 Å². The summed E-state index contributed by atoms with van der Waals surface area (Å²) in [5.41, 5.74) is 5.26. The molecule has 0 aromatic heterocycles. The van der Waals surface area contributed by atoms with Crippen molar-refractivity contribution in [2.45, 2.75) is 64.2 Å². The molecule has 2 spiro atoms. The Hall–Kier alpha value is -1.39. The molecule has 0 aliphatic heterocycles. The van der Waals surface area contributed by atoms with E-state index in [2.05, 4.69) is 42.5 Å². The van der Waals surface area contributed by atoms with Gasteiger partial charge in [0.25, 0.3) is 0 Å². The van der Waals surface area contributed by atoms with Crippen LogP contribution in [0.15, 0.2) is 53.2 Å². The Morgan fingerprint density at radius 3 is 2.30 bits per heavy atom. The second kappa shape index (κ2) is 5.05. The van der Waals surface area contributed by atoms with Crippen LogP contribution in [0.3, 0.4) is 0 Å². The van der Waals surface area contributed by atoms with Crippen LogP contribution in [0.4, 0.5) is 0 Å². The molecule has 0 radical (unpaired) electrons. The van der Waals surface area contributed by atoms with Crippen molar-refractivity contribution in [3.63, 3.8) is 0 Å². The van der Waals surface area contributed by atoms with E-state index >= 15 is 0 Å². The maximum absolute atomic E-state index is 4.00. The monoisotopic (exact) mass is 303 g/mol. The number of hydrogen-bond acceptors (Lipinski definition) is 0. The van der Waals surface area contributed by atoms with E-state index in [1.807, 2.05) is 0 Å². The fourth-order valence-corrected chi connectivity index (χ4v) is 5.86. The zero-order chi connectivity index (χ0) is 15.3. The minimum Gasteiger partial charge on any atom is -0.0752 e. The molecule has 2 fully saturated rings. The molecule has 0 aromatic rings. The standard InChI is InChI=1S/C23H27/c1-3-11-22(12-4-1)16-10-19-17-21-18(7-8-20(19)22)9-15-23(21)13-5-2-6-14-23/h7-10,15-16,21H,1-6,11-14H2/q+1. The van der Waals surface area contributed by atoms with Crippen LogP contribution in [0.2, 0.25) is 0 Å². The van der Waals surface area contributed by atoms with E-state index in [1.165, 1.54) is 75.4 Å². The van der Waals surface area contributed by atoms with Gasteiger partial charge in [-0.1, -0.05) is 50.7 Å². The molecule has 1 unspecified atom stereocenters. The highest BCUT2D eigenvalue weighted by Crippen LogP contribution is 2.56. The summed E-state index contributed by atoms with van der Waals surface area (Å²) < 4.78 is 0. The molecule has 0 aromatic carbocycles. The molecule has 0 N–H and O–H groups in total. The highest BCUT2D eigenvalue weighted by molar-refractivity contribution is 5.57. The molecule has 2 saturated carbocycles. The topological polar surface area (TPSA) is 0 Å². The molecule has 0 saturated heterocycles. The quantitative estimate of drug-likeness (QED) is 0.465. The third-order valence-electron chi connectivity index (χ3n) is 7.18. The summed E-state index contributed by atoms with van der Waals surface area (Å²) in [7, 11) is 0. The van der Waals surface area contributed by atoms with E-state index in [0.717, 1.165) is 0 Å². The Morgan fingerprint density at radius 1 is 0.783 bits per heavy atom. The Balaban J connectivity index is 1.54. The second-order valence-corrected chi connectivity index (χ2v) is 8.42. The molecular formula is C23H27+. The Kier molecular flexibility index (Phi) is 3.07. The van der Waals surface area contributed by atoms with Gasteiger partial charge in [0, 0.05) is 17.6 Å². The fourth-order valence-electron chi connectivity index (χ4n) is 5.86. The lowest BCUT2D eigenvalue weighted by molar-refractivity contribution is 0.217. The van der Waals surface area contributed by atoms with Crippen molar-refractivity contribution in [2.24, 2.45) is 16.7 Å². The number of hydrogen-bond donors (Lipinski definition) is 0. The maximum atomic E-state index is 4.00. The summed E-state index contributed by atoms with van der Waals surface area (Å²) in [6, 6.07) is 0. The molecule has 0 heteroatoms. The molecule has 5 aliphatic rings. The van der Waals surface area contributed by atoms with Crippen molar-refractivity contribution in [1.82, 2.24) is 0 Å². The van der Waals surface area contributed by atoms with E-state index in [0.29, 0.717) is 16.7 Å². The van der Waals surface area contributed by atoms with Gasteiger partial charge in [0.05, 0.1) is 17.1 Å². The molecule has 118 valence electrons. The van der Waals surface area contributed by atoms with Gasteiger partial charge in [0.15, 0.2) is 5.57 Å². The lowest BCUT2D eigenvalue weighted by atomic mass is 9.66. The first kappa shape index (κ1) is 14.0. The molecular weight excluding hydrogens is 276 g/mol. The molecule has 5 rings (SSSR count). The molecule has 0 nitrogen and oxygen atoms in total. The van der Waals surface area contributed by atoms with Crippen molar-refractivity contribution < 1.29 is 0 Å². The van der Waals surface area contributed by atoms with Gasteiger partial charge in [-0.2, -0.15) is 0 Å². The molecule has 0 heterocycles. The zero-order valence-corrected chi connectivity index (χ0v) is 14.1.